The normalized spacial score (nSPS) is 10.8. The Morgan fingerprint density at radius 1 is 1.31 bits per heavy atom. The third kappa shape index (κ3) is 6.75. The molecule has 0 aliphatic heterocycles. The number of rotatable bonds is 8. The summed E-state index contributed by atoms with van der Waals surface area (Å²) in [4.78, 5) is 20.3. The summed E-state index contributed by atoms with van der Waals surface area (Å²) in [5.74, 6) is 0.664. The van der Waals surface area contributed by atoms with Crippen LogP contribution in [0.25, 0.3) is 0 Å². The molecule has 0 spiro atoms. The molecule has 0 radical (unpaired) electrons. The Morgan fingerprint density at radius 2 is 2.08 bits per heavy atom. The van der Waals surface area contributed by atoms with Gasteiger partial charge in [0, 0.05) is 37.3 Å². The lowest BCUT2D eigenvalue weighted by Gasteiger charge is -2.12. The van der Waals surface area contributed by atoms with E-state index >= 15 is 0 Å². The maximum atomic E-state index is 11.0. The van der Waals surface area contributed by atoms with Crippen LogP contribution in [-0.2, 0) is 13.0 Å². The second-order valence-corrected chi connectivity index (χ2v) is 6.33. The Hall–Kier alpha value is -1.95. The largest absolute Gasteiger partial charge is 0.378 e. The van der Waals surface area contributed by atoms with E-state index in [0.717, 1.165) is 11.4 Å². The molecule has 26 heavy (non-hydrogen) atoms. The van der Waals surface area contributed by atoms with Gasteiger partial charge in [0.05, 0.1) is 11.5 Å². The van der Waals surface area contributed by atoms with Crippen molar-refractivity contribution in [2.24, 2.45) is 4.99 Å². The van der Waals surface area contributed by atoms with Crippen molar-refractivity contribution in [2.75, 3.05) is 25.5 Å². The molecule has 10 heteroatoms. The second kappa shape index (κ2) is 11.6. The van der Waals surface area contributed by atoms with Gasteiger partial charge in [-0.05, 0) is 12.5 Å². The van der Waals surface area contributed by atoms with Crippen LogP contribution in [0.4, 0.5) is 11.4 Å². The van der Waals surface area contributed by atoms with E-state index in [1.165, 1.54) is 10.9 Å². The molecular formula is C16H23IN6O2S. The molecule has 142 valence electrons. The van der Waals surface area contributed by atoms with E-state index in [9.17, 15) is 10.1 Å². The van der Waals surface area contributed by atoms with E-state index in [1.54, 1.807) is 36.6 Å². The van der Waals surface area contributed by atoms with Gasteiger partial charge in [-0.25, -0.2) is 4.98 Å². The van der Waals surface area contributed by atoms with Crippen molar-refractivity contribution in [2.45, 2.75) is 19.9 Å². The number of benzene rings is 1. The van der Waals surface area contributed by atoms with Crippen LogP contribution in [0, 0.1) is 10.1 Å². The number of hydrogen-bond donors (Lipinski definition) is 3. The van der Waals surface area contributed by atoms with Crippen molar-refractivity contribution in [3.8, 4) is 0 Å². The van der Waals surface area contributed by atoms with Crippen molar-refractivity contribution < 1.29 is 4.92 Å². The Labute approximate surface area is 173 Å². The molecule has 0 saturated carbocycles. The number of hydrogen-bond acceptors (Lipinski definition) is 6. The van der Waals surface area contributed by atoms with Gasteiger partial charge < -0.3 is 16.0 Å². The van der Waals surface area contributed by atoms with Crippen molar-refractivity contribution in [3.63, 3.8) is 0 Å². The molecule has 0 aliphatic carbocycles. The quantitative estimate of drug-likeness (QED) is 0.131. The lowest BCUT2D eigenvalue weighted by atomic mass is 10.2. The lowest BCUT2D eigenvalue weighted by molar-refractivity contribution is -0.384. The lowest BCUT2D eigenvalue weighted by Crippen LogP contribution is -2.39. The Morgan fingerprint density at radius 3 is 2.73 bits per heavy atom. The first kappa shape index (κ1) is 22.1. The fraction of sp³-hybridized carbons (Fsp3) is 0.375. The van der Waals surface area contributed by atoms with Crippen LogP contribution < -0.4 is 16.0 Å². The van der Waals surface area contributed by atoms with Crippen molar-refractivity contribution >= 4 is 52.6 Å². The molecule has 0 atom stereocenters. The highest BCUT2D eigenvalue weighted by atomic mass is 127. The minimum Gasteiger partial charge on any atom is -0.378 e. The smallest absolute Gasteiger partial charge is 0.292 e. The van der Waals surface area contributed by atoms with Crippen molar-refractivity contribution in [1.82, 2.24) is 15.6 Å². The number of aliphatic imine (C=N–C) groups is 1. The van der Waals surface area contributed by atoms with Crippen LogP contribution >= 0.6 is 35.3 Å². The predicted molar refractivity (Wildman–Crippen MR) is 117 cm³/mol. The number of nitro groups is 1. The second-order valence-electron chi connectivity index (χ2n) is 5.13. The van der Waals surface area contributed by atoms with E-state index < -0.39 is 4.92 Å². The molecular weight excluding hydrogens is 467 g/mol. The minimum absolute atomic E-state index is 0. The molecule has 1 aromatic carbocycles. The summed E-state index contributed by atoms with van der Waals surface area (Å²) < 4.78 is 0. The highest BCUT2D eigenvalue weighted by Crippen LogP contribution is 2.22. The Bertz CT molecular complexity index is 737. The maximum Gasteiger partial charge on any atom is 0.292 e. The zero-order chi connectivity index (χ0) is 18.1. The highest BCUT2D eigenvalue weighted by Gasteiger charge is 2.11. The van der Waals surface area contributed by atoms with Crippen LogP contribution in [0.1, 0.15) is 16.8 Å². The number of nitrogens with one attached hydrogen (secondary N) is 3. The van der Waals surface area contributed by atoms with Gasteiger partial charge in [-0.3, -0.25) is 15.1 Å². The molecule has 0 bridgehead atoms. The number of aryl methyl sites for hydroxylation is 1. The Balaban J connectivity index is 0.00000338. The summed E-state index contributed by atoms with van der Waals surface area (Å²) in [6.07, 6.45) is 2.89. The summed E-state index contributed by atoms with van der Waals surface area (Å²) in [7, 11) is 1.70. The topological polar surface area (TPSA) is 104 Å². The predicted octanol–water partition coefficient (Wildman–Crippen LogP) is 3.01. The summed E-state index contributed by atoms with van der Waals surface area (Å²) in [5.41, 5.74) is 0.577. The van der Waals surface area contributed by atoms with Gasteiger partial charge in [0.1, 0.15) is 10.7 Å². The number of anilines is 1. The van der Waals surface area contributed by atoms with E-state index in [1.807, 2.05) is 6.20 Å². The van der Waals surface area contributed by atoms with Gasteiger partial charge in [0.15, 0.2) is 5.96 Å². The molecule has 0 aliphatic rings. The first-order valence-corrected chi connectivity index (χ1v) is 8.81. The third-order valence-electron chi connectivity index (χ3n) is 3.41. The first-order valence-electron chi connectivity index (χ1n) is 7.99. The summed E-state index contributed by atoms with van der Waals surface area (Å²) in [6.45, 7) is 3.82. The number of nitrogens with zero attached hydrogens (tertiary/aromatic N) is 3. The molecule has 0 unspecified atom stereocenters. The highest BCUT2D eigenvalue weighted by molar-refractivity contribution is 14.0. The molecule has 1 aromatic heterocycles. The first-order chi connectivity index (χ1) is 12.1. The van der Waals surface area contributed by atoms with Crippen LogP contribution in [-0.4, -0.2) is 36.0 Å². The number of aromatic nitrogens is 1. The minimum atomic E-state index is -0.394. The maximum absolute atomic E-state index is 11.0. The van der Waals surface area contributed by atoms with E-state index in [4.69, 9.17) is 0 Å². The molecule has 1 heterocycles. The number of para-hydroxylation sites is 2. The van der Waals surface area contributed by atoms with Gasteiger partial charge in [0.2, 0.25) is 0 Å². The van der Waals surface area contributed by atoms with Gasteiger partial charge in [-0.1, -0.05) is 19.1 Å². The fourth-order valence-electron chi connectivity index (χ4n) is 2.13. The van der Waals surface area contributed by atoms with E-state index in [0.29, 0.717) is 31.3 Å². The number of halogens is 1. The molecule has 2 aromatic rings. The number of thiazole rings is 1. The standard InChI is InChI=1S/C16H22N6O2S.HI/c1-3-12-10-20-15(25-12)11-21-16(17-2)19-9-8-18-13-6-4-5-7-14(13)22(23)24;/h4-7,10,18H,3,8-9,11H2,1-2H3,(H2,17,19,21);1H. The average Bonchev–Trinajstić information content (AvgIpc) is 3.09. The number of nitro benzene ring substituents is 1. The number of guanidine groups is 1. The van der Waals surface area contributed by atoms with Crippen LogP contribution in [0.3, 0.4) is 0 Å². The van der Waals surface area contributed by atoms with Gasteiger partial charge >= 0.3 is 0 Å². The molecule has 2 rings (SSSR count). The average molecular weight is 490 g/mol. The van der Waals surface area contributed by atoms with Gasteiger partial charge in [-0.2, -0.15) is 0 Å². The monoisotopic (exact) mass is 490 g/mol. The zero-order valence-electron chi connectivity index (χ0n) is 14.7. The van der Waals surface area contributed by atoms with Gasteiger partial charge in [0.25, 0.3) is 5.69 Å². The van der Waals surface area contributed by atoms with Crippen molar-refractivity contribution in [1.29, 1.82) is 0 Å². The molecule has 0 amide bonds. The third-order valence-corrected chi connectivity index (χ3v) is 4.56. The van der Waals surface area contributed by atoms with Crippen LogP contribution in [0.2, 0.25) is 0 Å². The summed E-state index contributed by atoms with van der Waals surface area (Å²) in [6, 6.07) is 6.59. The zero-order valence-corrected chi connectivity index (χ0v) is 17.8. The van der Waals surface area contributed by atoms with Crippen LogP contribution in [0.15, 0.2) is 35.5 Å². The SMILES string of the molecule is CCc1cnc(CNC(=NC)NCCNc2ccccc2[N+](=O)[O-])s1.I. The summed E-state index contributed by atoms with van der Waals surface area (Å²) in [5, 5.41) is 21.4. The summed E-state index contributed by atoms with van der Waals surface area (Å²) >= 11 is 1.68. The van der Waals surface area contributed by atoms with Crippen molar-refractivity contribution in [3.05, 3.63) is 50.5 Å². The fourth-order valence-corrected chi connectivity index (χ4v) is 2.94. The molecule has 8 nitrogen and oxygen atoms in total. The Kier molecular flexibility index (Phi) is 9.88. The van der Waals surface area contributed by atoms with Gasteiger partial charge in [-0.15, -0.1) is 35.3 Å². The van der Waals surface area contributed by atoms with Crippen LogP contribution in [0.5, 0.6) is 0 Å². The van der Waals surface area contributed by atoms with E-state index in [-0.39, 0.29) is 29.7 Å². The molecule has 3 N–H and O–H groups in total. The van der Waals surface area contributed by atoms with E-state index in [2.05, 4.69) is 32.9 Å². The molecule has 0 saturated heterocycles. The molecule has 0 fully saturated rings.